The Morgan fingerprint density at radius 3 is 2.01 bits per heavy atom. The van der Waals surface area contributed by atoms with Crippen molar-refractivity contribution in [2.24, 2.45) is 28.3 Å². The second-order valence-corrected chi connectivity index (χ2v) is 18.6. The van der Waals surface area contributed by atoms with Gasteiger partial charge in [0.15, 0.2) is 5.96 Å². The number of amides is 7. The second-order valence-electron chi connectivity index (χ2n) is 18.6. The molecule has 2 heterocycles. The van der Waals surface area contributed by atoms with Crippen LogP contribution in [0.15, 0.2) is 72.1 Å². The van der Waals surface area contributed by atoms with Crippen molar-refractivity contribution in [3.8, 4) is 5.75 Å². The number of carboxylic acid groups (broad SMARTS) is 1. The second kappa shape index (κ2) is 29.1. The zero-order valence-corrected chi connectivity index (χ0v) is 42.2. The number of likely N-dealkylation sites (tertiary alicyclic amines) is 1. The number of aromatic nitrogens is 2. The number of hydrogen-bond acceptors (Lipinski definition) is 12. The van der Waals surface area contributed by atoms with Crippen molar-refractivity contribution < 1.29 is 48.6 Å². The first kappa shape index (κ1) is 58.0. The van der Waals surface area contributed by atoms with Crippen LogP contribution < -0.4 is 48.7 Å². The summed E-state index contributed by atoms with van der Waals surface area (Å²) in [6, 6.07) is 6.24. The number of aromatic amines is 1. The normalized spacial score (nSPS) is 16.2. The number of nitrogens with zero attached hydrogens (tertiary/aromatic N) is 3. The van der Waals surface area contributed by atoms with E-state index in [1.165, 1.54) is 29.6 Å². The first-order valence-electron chi connectivity index (χ1n) is 24.6. The molecule has 2 aromatic carbocycles. The molecule has 73 heavy (non-hydrogen) atoms. The van der Waals surface area contributed by atoms with Crippen molar-refractivity contribution in [2.75, 3.05) is 26.7 Å². The molecule has 1 aromatic heterocycles. The summed E-state index contributed by atoms with van der Waals surface area (Å²) in [5, 5.41) is 39.2. The average Bonchev–Trinajstić information content (AvgIpc) is 3.88. The van der Waals surface area contributed by atoms with Crippen molar-refractivity contribution in [1.82, 2.24) is 52.1 Å². The summed E-state index contributed by atoms with van der Waals surface area (Å²) in [5.41, 5.74) is 12.6. The van der Waals surface area contributed by atoms with Gasteiger partial charge in [0.2, 0.25) is 41.4 Å². The molecule has 1 aliphatic rings. The Morgan fingerprint density at radius 2 is 1.40 bits per heavy atom. The number of rotatable bonds is 28. The van der Waals surface area contributed by atoms with Crippen molar-refractivity contribution in [3.63, 3.8) is 0 Å². The maximum atomic E-state index is 14.7. The highest BCUT2D eigenvalue weighted by Gasteiger charge is 2.40. The molecule has 0 radical (unpaired) electrons. The third kappa shape index (κ3) is 18.5. The van der Waals surface area contributed by atoms with E-state index in [0.717, 1.165) is 0 Å². The fourth-order valence-electron chi connectivity index (χ4n) is 8.33. The summed E-state index contributed by atoms with van der Waals surface area (Å²) in [6.45, 7) is 7.16. The lowest BCUT2D eigenvalue weighted by molar-refractivity contribution is -0.147. The highest BCUT2D eigenvalue weighted by Crippen LogP contribution is 2.21. The van der Waals surface area contributed by atoms with Crippen molar-refractivity contribution >= 4 is 53.3 Å². The van der Waals surface area contributed by atoms with E-state index in [4.69, 9.17) is 11.5 Å². The molecule has 398 valence electrons. The molecule has 7 amide bonds. The van der Waals surface area contributed by atoms with Gasteiger partial charge in [-0.3, -0.25) is 38.6 Å². The van der Waals surface area contributed by atoms with E-state index in [2.05, 4.69) is 52.2 Å². The number of carbonyl (C=O) groups excluding carboxylic acids is 7. The molecule has 1 saturated heterocycles. The highest BCUT2D eigenvalue weighted by molar-refractivity contribution is 5.98. The highest BCUT2D eigenvalue weighted by atomic mass is 16.4. The Kier molecular flexibility index (Phi) is 23.1. The fourth-order valence-corrected chi connectivity index (χ4v) is 8.33. The smallest absolute Gasteiger partial charge is 0.326 e. The molecule has 23 nitrogen and oxygen atoms in total. The van der Waals surface area contributed by atoms with E-state index in [0.29, 0.717) is 42.5 Å². The van der Waals surface area contributed by atoms with Crippen LogP contribution in [0.3, 0.4) is 0 Å². The van der Waals surface area contributed by atoms with Crippen LogP contribution in [0.4, 0.5) is 0 Å². The number of H-pyrrole nitrogens is 1. The molecule has 23 heteroatoms. The topological polar surface area (TPSA) is 358 Å². The average molecular weight is 1020 g/mol. The Hall–Kier alpha value is -7.56. The summed E-state index contributed by atoms with van der Waals surface area (Å²) in [4.78, 5) is 123. The Balaban J connectivity index is 1.60. The standard InChI is InChI=1S/C50H73N13O10/c1-6-30(4)42(47(70)59-37(25-33-26-54-28-56-33)48(71)63-22-11-10-16-39(63)45(68)60-38(49(72)73)24-31-13-8-7-9-14-31)62-44(67)36(23-32-17-19-34(64)20-18-32)58-46(69)41(29(2)3)61-43(66)35(57-40(65)27-53-5)15-12-21-55-50(51)52/h7-9,13-14,17-20,26,28-30,35-39,41-42,53,64H,6,10-12,15-16,21-25,27H2,1-5H3,(H,54,56)(H,57,65)(H,58,69)(H,59,70)(H,60,68)(H,61,66)(H,62,67)(H,72,73)(H4,51,52,55)/t30-,35-,36-,37-,38-,39+,41-,42-/m0/s1. The molecule has 0 saturated carbocycles. The number of nitrogens with two attached hydrogens (primary N) is 2. The number of likely N-dealkylation sites (N-methyl/N-ethyl adjacent to an activating group) is 1. The number of carboxylic acids is 1. The molecule has 1 aliphatic heterocycles. The van der Waals surface area contributed by atoms with Gasteiger partial charge in [-0.15, -0.1) is 0 Å². The number of phenols is 1. The molecule has 4 rings (SSSR count). The summed E-state index contributed by atoms with van der Waals surface area (Å²) in [5.74, 6) is -7.13. The van der Waals surface area contributed by atoms with E-state index < -0.39 is 101 Å². The third-order valence-corrected chi connectivity index (χ3v) is 12.6. The van der Waals surface area contributed by atoms with Gasteiger partial charge < -0.3 is 68.8 Å². The van der Waals surface area contributed by atoms with Crippen LogP contribution in [0.5, 0.6) is 5.75 Å². The fraction of sp³-hybridized carbons (Fsp3) is 0.520. The number of aliphatic carboxylic acids is 1. The third-order valence-electron chi connectivity index (χ3n) is 12.6. The molecule has 0 unspecified atom stereocenters. The van der Waals surface area contributed by atoms with E-state index in [-0.39, 0.29) is 63.4 Å². The first-order chi connectivity index (χ1) is 34.8. The summed E-state index contributed by atoms with van der Waals surface area (Å²) < 4.78 is 0. The number of phenolic OH excluding ortho intramolecular Hbond substituents is 1. The maximum Gasteiger partial charge on any atom is 0.326 e. The zero-order chi connectivity index (χ0) is 53.6. The van der Waals surface area contributed by atoms with E-state index in [1.54, 1.807) is 70.3 Å². The van der Waals surface area contributed by atoms with E-state index in [1.807, 2.05) is 6.92 Å². The Bertz CT molecular complexity index is 2330. The molecule has 0 aliphatic carbocycles. The maximum absolute atomic E-state index is 14.7. The number of aliphatic imine (C=N–C) groups is 1. The number of aromatic hydroxyl groups is 1. The Morgan fingerprint density at radius 1 is 0.767 bits per heavy atom. The predicted molar refractivity (Wildman–Crippen MR) is 271 cm³/mol. The van der Waals surface area contributed by atoms with Crippen LogP contribution in [0.1, 0.15) is 83.0 Å². The van der Waals surface area contributed by atoms with Crippen LogP contribution >= 0.6 is 0 Å². The lowest BCUT2D eigenvalue weighted by atomic mass is 9.95. The molecule has 3 aromatic rings. The quantitative estimate of drug-likeness (QED) is 0.0248. The molecule has 0 bridgehead atoms. The van der Waals surface area contributed by atoms with Crippen molar-refractivity contribution in [2.45, 2.75) is 128 Å². The largest absolute Gasteiger partial charge is 0.508 e. The van der Waals surface area contributed by atoms with Crippen molar-refractivity contribution in [3.05, 3.63) is 83.9 Å². The Labute approximate surface area is 425 Å². The molecule has 1 fully saturated rings. The van der Waals surface area contributed by atoms with Gasteiger partial charge in [-0.1, -0.05) is 76.6 Å². The number of imidazole rings is 1. The number of guanidine groups is 1. The summed E-state index contributed by atoms with van der Waals surface area (Å²) in [7, 11) is 1.57. The number of carbonyl (C=O) groups is 8. The van der Waals surface area contributed by atoms with Gasteiger partial charge in [-0.2, -0.15) is 0 Å². The molecular weight excluding hydrogens is 943 g/mol. The van der Waals surface area contributed by atoms with Crippen LogP contribution in [0.2, 0.25) is 0 Å². The van der Waals surface area contributed by atoms with E-state index >= 15 is 0 Å². The minimum atomic E-state index is -1.35. The first-order valence-corrected chi connectivity index (χ1v) is 24.6. The number of piperidine rings is 1. The van der Waals surface area contributed by atoms with Gasteiger partial charge in [0, 0.05) is 44.2 Å². The molecule has 14 N–H and O–H groups in total. The van der Waals surface area contributed by atoms with Gasteiger partial charge in [-0.25, -0.2) is 9.78 Å². The van der Waals surface area contributed by atoms with Gasteiger partial charge in [0.1, 0.15) is 48.0 Å². The number of nitrogens with one attached hydrogen (secondary N) is 8. The van der Waals surface area contributed by atoms with Crippen LogP contribution in [-0.4, -0.2) is 147 Å². The van der Waals surface area contributed by atoms with Gasteiger partial charge in [0.05, 0.1) is 12.9 Å². The molecule has 0 spiro atoms. The minimum Gasteiger partial charge on any atom is -0.508 e. The summed E-state index contributed by atoms with van der Waals surface area (Å²) in [6.07, 6.45) is 4.90. The predicted octanol–water partition coefficient (Wildman–Crippen LogP) is -0.507. The monoisotopic (exact) mass is 1020 g/mol. The van der Waals surface area contributed by atoms with E-state index in [9.17, 15) is 48.6 Å². The van der Waals surface area contributed by atoms with Crippen LogP contribution in [0.25, 0.3) is 0 Å². The van der Waals surface area contributed by atoms with Gasteiger partial charge in [-0.05, 0) is 74.2 Å². The zero-order valence-electron chi connectivity index (χ0n) is 42.2. The van der Waals surface area contributed by atoms with Gasteiger partial charge in [0.25, 0.3) is 0 Å². The number of hydrogen-bond donors (Lipinski definition) is 12. The van der Waals surface area contributed by atoms with Gasteiger partial charge >= 0.3 is 5.97 Å². The van der Waals surface area contributed by atoms with Crippen molar-refractivity contribution in [1.29, 1.82) is 0 Å². The minimum absolute atomic E-state index is 0.0144. The van der Waals surface area contributed by atoms with Crippen LogP contribution in [0, 0.1) is 11.8 Å². The lowest BCUT2D eigenvalue weighted by Gasteiger charge is -2.38. The van der Waals surface area contributed by atoms with Crippen LogP contribution in [-0.2, 0) is 57.6 Å². The molecule has 8 atom stereocenters. The summed E-state index contributed by atoms with van der Waals surface area (Å²) >= 11 is 0. The molecular formula is C50H73N13O10. The SMILES string of the molecule is CC[C@H](C)[C@H](NC(=O)[C@H](Cc1ccc(O)cc1)NC(=O)[C@@H](NC(=O)[C@H](CCCN=C(N)N)NC(=O)CNC)C(C)C)C(=O)N[C@@H](Cc1cnc[nH]1)C(=O)N1CCCC[C@@H]1C(=O)N[C@@H](Cc1ccccc1)C(=O)O. The number of benzene rings is 2. The lowest BCUT2D eigenvalue weighted by Crippen LogP contribution is -2.62.